The quantitative estimate of drug-likeness (QED) is 0.192. The summed E-state index contributed by atoms with van der Waals surface area (Å²) in [5, 5.41) is 3.52. The zero-order valence-corrected chi connectivity index (χ0v) is 17.9. The fourth-order valence-electron chi connectivity index (χ4n) is 4.11. The number of aryl methyl sites for hydroxylation is 3. The van der Waals surface area contributed by atoms with E-state index < -0.39 is 0 Å². The third-order valence-electron chi connectivity index (χ3n) is 5.29. The van der Waals surface area contributed by atoms with Crippen molar-refractivity contribution >= 4 is 27.3 Å². The predicted molar refractivity (Wildman–Crippen MR) is 109 cm³/mol. The first-order valence-corrected chi connectivity index (χ1v) is 8.92. The first-order valence-electron chi connectivity index (χ1n) is 8.92. The van der Waals surface area contributed by atoms with Gasteiger partial charge in [-0.25, -0.2) is 0 Å². The van der Waals surface area contributed by atoms with Gasteiger partial charge in [0.15, 0.2) is 0 Å². The second-order valence-corrected chi connectivity index (χ2v) is 7.02. The van der Waals surface area contributed by atoms with Crippen LogP contribution in [0, 0.1) is 26.8 Å². The van der Waals surface area contributed by atoms with Gasteiger partial charge in [-0.1, -0.05) is 41.8 Å². The molecule has 0 aliphatic rings. The maximum absolute atomic E-state index is 5.06. The van der Waals surface area contributed by atoms with Gasteiger partial charge in [0.05, 0.1) is 11.3 Å². The standard InChI is InChI=1S/C24H19N2.Ir/c1-15-8-6-9-16(2)22(15)21-14-26-23-17(3)10-7-13-19(23)18-11-4-5-12-20(18)24(26)25-21;/h4-11,13-14H,1-3H3;/q-1;. The molecule has 0 N–H and O–H groups in total. The van der Waals surface area contributed by atoms with Crippen molar-refractivity contribution in [2.45, 2.75) is 20.8 Å². The largest absolute Gasteiger partial charge is 0.339 e. The van der Waals surface area contributed by atoms with Crippen LogP contribution in [0.25, 0.3) is 38.6 Å². The van der Waals surface area contributed by atoms with Crippen LogP contribution < -0.4 is 0 Å². The molecule has 5 aromatic rings. The van der Waals surface area contributed by atoms with E-state index in [1.807, 2.05) is 6.07 Å². The summed E-state index contributed by atoms with van der Waals surface area (Å²) in [5.74, 6) is 0. The van der Waals surface area contributed by atoms with Gasteiger partial charge in [0.2, 0.25) is 0 Å². The fourth-order valence-corrected chi connectivity index (χ4v) is 4.11. The molecule has 0 unspecified atom stereocenters. The van der Waals surface area contributed by atoms with Crippen LogP contribution in [0.5, 0.6) is 0 Å². The molecule has 2 aromatic heterocycles. The minimum absolute atomic E-state index is 0. The Bertz CT molecular complexity index is 1290. The number of aromatic nitrogens is 2. The van der Waals surface area contributed by atoms with Crippen molar-refractivity contribution in [3.05, 3.63) is 83.6 Å². The average molecular weight is 528 g/mol. The van der Waals surface area contributed by atoms with Crippen LogP contribution in [0.1, 0.15) is 16.7 Å². The summed E-state index contributed by atoms with van der Waals surface area (Å²) in [7, 11) is 0. The van der Waals surface area contributed by atoms with E-state index in [2.05, 4.69) is 86.0 Å². The van der Waals surface area contributed by atoms with Crippen LogP contribution in [-0.2, 0) is 20.1 Å². The van der Waals surface area contributed by atoms with Gasteiger partial charge in [0.1, 0.15) is 0 Å². The molecule has 0 aliphatic carbocycles. The third-order valence-corrected chi connectivity index (χ3v) is 5.29. The van der Waals surface area contributed by atoms with Gasteiger partial charge in [0.25, 0.3) is 0 Å². The van der Waals surface area contributed by atoms with Gasteiger partial charge >= 0.3 is 0 Å². The summed E-state index contributed by atoms with van der Waals surface area (Å²) < 4.78 is 2.24. The molecule has 0 atom stereocenters. The summed E-state index contributed by atoms with van der Waals surface area (Å²) in [6.45, 7) is 6.47. The van der Waals surface area contributed by atoms with E-state index in [4.69, 9.17) is 4.98 Å². The second-order valence-electron chi connectivity index (χ2n) is 7.02. The van der Waals surface area contributed by atoms with Crippen molar-refractivity contribution < 1.29 is 20.1 Å². The Morgan fingerprint density at radius 2 is 1.48 bits per heavy atom. The zero-order chi connectivity index (χ0) is 17.8. The molecule has 3 aromatic carbocycles. The van der Waals surface area contributed by atoms with Crippen molar-refractivity contribution in [2.75, 3.05) is 0 Å². The monoisotopic (exact) mass is 528 g/mol. The topological polar surface area (TPSA) is 17.3 Å². The zero-order valence-electron chi connectivity index (χ0n) is 15.5. The summed E-state index contributed by atoms with van der Waals surface area (Å²) in [4.78, 5) is 5.06. The Morgan fingerprint density at radius 1 is 0.815 bits per heavy atom. The molecule has 0 saturated heterocycles. The summed E-state index contributed by atoms with van der Waals surface area (Å²) >= 11 is 0. The van der Waals surface area contributed by atoms with Gasteiger partial charge in [-0.05, 0) is 42.8 Å². The number of nitrogens with zero attached hydrogens (tertiary/aromatic N) is 2. The number of pyridine rings is 1. The summed E-state index contributed by atoms with van der Waals surface area (Å²) in [6.07, 6.45) is 2.18. The molecule has 135 valence electrons. The number of hydrogen-bond donors (Lipinski definition) is 0. The van der Waals surface area contributed by atoms with Gasteiger partial charge in [0, 0.05) is 37.4 Å². The molecule has 0 saturated carbocycles. The van der Waals surface area contributed by atoms with Crippen LogP contribution >= 0.6 is 0 Å². The number of benzene rings is 3. The Hall–Kier alpha value is -2.48. The minimum atomic E-state index is 0. The fraction of sp³-hybridized carbons (Fsp3) is 0.125. The molecule has 27 heavy (non-hydrogen) atoms. The van der Waals surface area contributed by atoms with E-state index in [-0.39, 0.29) is 20.1 Å². The van der Waals surface area contributed by atoms with Crippen LogP contribution in [0.4, 0.5) is 0 Å². The number of imidazole rings is 1. The first kappa shape index (κ1) is 17.9. The number of para-hydroxylation sites is 1. The van der Waals surface area contributed by atoms with Crippen molar-refractivity contribution in [3.8, 4) is 11.3 Å². The molecular formula is C24H19IrN2-. The maximum atomic E-state index is 5.06. The summed E-state index contributed by atoms with van der Waals surface area (Å²) in [5.41, 5.74) is 8.20. The second kappa shape index (κ2) is 6.60. The Morgan fingerprint density at radius 3 is 2.26 bits per heavy atom. The third kappa shape index (κ3) is 2.62. The van der Waals surface area contributed by atoms with Crippen molar-refractivity contribution in [1.82, 2.24) is 9.38 Å². The van der Waals surface area contributed by atoms with Crippen LogP contribution in [-0.4, -0.2) is 9.38 Å². The van der Waals surface area contributed by atoms with E-state index in [9.17, 15) is 0 Å². The van der Waals surface area contributed by atoms with Crippen LogP contribution in [0.3, 0.4) is 0 Å². The first-order chi connectivity index (χ1) is 12.6. The van der Waals surface area contributed by atoms with Gasteiger partial charge in [-0.15, -0.1) is 29.7 Å². The number of fused-ring (bicyclic) bond motifs is 6. The van der Waals surface area contributed by atoms with E-state index in [0.29, 0.717) is 0 Å². The molecule has 0 spiro atoms. The molecule has 1 radical (unpaired) electrons. The molecule has 0 aliphatic heterocycles. The average Bonchev–Trinajstić information content (AvgIpc) is 3.06. The molecule has 2 nitrogen and oxygen atoms in total. The number of rotatable bonds is 1. The molecule has 3 heteroatoms. The molecule has 0 fully saturated rings. The normalized spacial score (nSPS) is 11.2. The van der Waals surface area contributed by atoms with E-state index in [0.717, 1.165) is 16.7 Å². The molecule has 0 bridgehead atoms. The van der Waals surface area contributed by atoms with E-state index in [1.165, 1.54) is 38.5 Å². The SMILES string of the molecule is Cc1cccc(C)c1-c1cn2c(n1)c1[c-]cccc1c1cccc(C)c12.[Ir]. The Kier molecular flexibility index (Phi) is 4.38. The summed E-state index contributed by atoms with van der Waals surface area (Å²) in [6, 6.07) is 22.5. The van der Waals surface area contributed by atoms with Crippen LogP contribution in [0.2, 0.25) is 0 Å². The number of hydrogen-bond acceptors (Lipinski definition) is 1. The maximum Gasteiger partial charge on any atom is 0.0777 e. The molecule has 2 heterocycles. The van der Waals surface area contributed by atoms with Crippen LogP contribution in [0.15, 0.2) is 60.8 Å². The van der Waals surface area contributed by atoms with E-state index >= 15 is 0 Å². The Balaban J connectivity index is 0.00000180. The minimum Gasteiger partial charge on any atom is -0.339 e. The van der Waals surface area contributed by atoms with Crippen molar-refractivity contribution in [3.63, 3.8) is 0 Å². The molecular weight excluding hydrogens is 508 g/mol. The predicted octanol–water partition coefficient (Wildman–Crippen LogP) is 6.03. The molecule has 0 amide bonds. The molecule has 5 rings (SSSR count). The van der Waals surface area contributed by atoms with E-state index in [1.54, 1.807) is 0 Å². The van der Waals surface area contributed by atoms with Crippen molar-refractivity contribution in [1.29, 1.82) is 0 Å². The smallest absolute Gasteiger partial charge is 0.0777 e. The Labute approximate surface area is 172 Å². The van der Waals surface area contributed by atoms with Gasteiger partial charge in [-0.2, -0.15) is 0 Å². The van der Waals surface area contributed by atoms with Gasteiger partial charge in [-0.3, -0.25) is 4.98 Å². The van der Waals surface area contributed by atoms with Crippen molar-refractivity contribution in [2.24, 2.45) is 0 Å². The van der Waals surface area contributed by atoms with Gasteiger partial charge < -0.3 is 4.40 Å².